The maximum Gasteiger partial charge on any atom is 0.262 e. The van der Waals surface area contributed by atoms with Gasteiger partial charge in [-0.3, -0.25) is 24.1 Å². The first kappa shape index (κ1) is 17.4. The molecule has 0 fully saturated rings. The van der Waals surface area contributed by atoms with Crippen molar-refractivity contribution in [2.24, 2.45) is 0 Å². The quantitative estimate of drug-likeness (QED) is 0.788. The van der Waals surface area contributed by atoms with Crippen LogP contribution in [-0.4, -0.2) is 42.1 Å². The summed E-state index contributed by atoms with van der Waals surface area (Å²) in [5, 5.41) is 5.80. The van der Waals surface area contributed by atoms with Gasteiger partial charge < -0.3 is 10.6 Å². The number of thiophene rings is 1. The van der Waals surface area contributed by atoms with Gasteiger partial charge in [0.15, 0.2) is 0 Å². The van der Waals surface area contributed by atoms with Crippen LogP contribution in [0.5, 0.6) is 0 Å². The fraction of sp³-hybridized carbons (Fsp3) is 0.263. The zero-order valence-electron chi connectivity index (χ0n) is 14.6. The molecule has 8 heteroatoms. The van der Waals surface area contributed by atoms with Gasteiger partial charge in [-0.05, 0) is 37.0 Å². The second-order valence-electron chi connectivity index (χ2n) is 6.43. The molecule has 1 aliphatic carbocycles. The highest BCUT2D eigenvalue weighted by atomic mass is 32.1. The van der Waals surface area contributed by atoms with Gasteiger partial charge in [0.25, 0.3) is 17.7 Å². The maximum absolute atomic E-state index is 12.5. The van der Waals surface area contributed by atoms with E-state index in [1.54, 1.807) is 31.3 Å². The van der Waals surface area contributed by atoms with Crippen molar-refractivity contribution < 1.29 is 19.2 Å². The minimum absolute atomic E-state index is 0.245. The fourth-order valence-electron chi connectivity index (χ4n) is 3.55. The van der Waals surface area contributed by atoms with E-state index in [0.29, 0.717) is 21.7 Å². The SMILES string of the molecule is CNC(=O)c1c(NC(=O)CN2C(=O)c3ccccc3C2=O)sc2c1CCC2. The Hall–Kier alpha value is -3.00. The fourth-order valence-corrected chi connectivity index (χ4v) is 4.85. The molecule has 4 rings (SSSR count). The van der Waals surface area contributed by atoms with Gasteiger partial charge >= 0.3 is 0 Å². The van der Waals surface area contributed by atoms with Crippen molar-refractivity contribution in [1.29, 1.82) is 0 Å². The first-order valence-corrected chi connectivity index (χ1v) is 9.44. The molecule has 0 atom stereocenters. The largest absolute Gasteiger partial charge is 0.355 e. The molecule has 4 amide bonds. The molecule has 2 heterocycles. The summed E-state index contributed by atoms with van der Waals surface area (Å²) in [6.45, 7) is -0.387. The smallest absolute Gasteiger partial charge is 0.262 e. The predicted molar refractivity (Wildman–Crippen MR) is 100 cm³/mol. The van der Waals surface area contributed by atoms with Crippen molar-refractivity contribution in [3.05, 3.63) is 51.4 Å². The Labute approximate surface area is 159 Å². The molecule has 1 aromatic carbocycles. The highest BCUT2D eigenvalue weighted by Crippen LogP contribution is 2.39. The molecule has 2 aliphatic rings. The lowest BCUT2D eigenvalue weighted by Gasteiger charge is -2.14. The van der Waals surface area contributed by atoms with Gasteiger partial charge in [-0.25, -0.2) is 0 Å². The van der Waals surface area contributed by atoms with E-state index in [-0.39, 0.29) is 12.5 Å². The van der Waals surface area contributed by atoms with Crippen LogP contribution in [-0.2, 0) is 17.6 Å². The number of rotatable bonds is 4. The molecule has 0 bridgehead atoms. The van der Waals surface area contributed by atoms with Crippen LogP contribution >= 0.6 is 11.3 Å². The van der Waals surface area contributed by atoms with Crippen molar-refractivity contribution in [2.75, 3.05) is 18.9 Å². The summed E-state index contributed by atoms with van der Waals surface area (Å²) in [5.74, 6) is -1.71. The number of carbonyl (C=O) groups excluding carboxylic acids is 4. The number of anilines is 1. The summed E-state index contributed by atoms with van der Waals surface area (Å²) in [4.78, 5) is 51.6. The van der Waals surface area contributed by atoms with E-state index in [9.17, 15) is 19.2 Å². The Morgan fingerprint density at radius 1 is 1.11 bits per heavy atom. The van der Waals surface area contributed by atoms with E-state index in [2.05, 4.69) is 10.6 Å². The van der Waals surface area contributed by atoms with E-state index in [4.69, 9.17) is 0 Å². The second kappa shape index (κ2) is 6.62. The molecule has 1 aromatic heterocycles. The summed E-state index contributed by atoms with van der Waals surface area (Å²) < 4.78 is 0. The van der Waals surface area contributed by atoms with Crippen LogP contribution in [0.4, 0.5) is 5.00 Å². The van der Waals surface area contributed by atoms with Crippen molar-refractivity contribution >= 4 is 40.0 Å². The molecular formula is C19H17N3O4S. The van der Waals surface area contributed by atoms with E-state index >= 15 is 0 Å². The van der Waals surface area contributed by atoms with Crippen LogP contribution in [0.25, 0.3) is 0 Å². The number of amides is 4. The zero-order chi connectivity index (χ0) is 19.1. The van der Waals surface area contributed by atoms with Gasteiger partial charge in [0.2, 0.25) is 5.91 Å². The predicted octanol–water partition coefficient (Wildman–Crippen LogP) is 1.83. The minimum atomic E-state index is -0.505. The lowest BCUT2D eigenvalue weighted by Crippen LogP contribution is -2.37. The van der Waals surface area contributed by atoms with E-state index in [1.165, 1.54) is 11.3 Å². The third-order valence-corrected chi connectivity index (χ3v) is 6.02. The van der Waals surface area contributed by atoms with Crippen LogP contribution in [0, 0.1) is 0 Å². The molecule has 27 heavy (non-hydrogen) atoms. The molecular weight excluding hydrogens is 366 g/mol. The van der Waals surface area contributed by atoms with Crippen LogP contribution in [0.1, 0.15) is 47.9 Å². The Balaban J connectivity index is 1.54. The monoisotopic (exact) mass is 383 g/mol. The molecule has 138 valence electrons. The van der Waals surface area contributed by atoms with Crippen molar-refractivity contribution in [3.63, 3.8) is 0 Å². The lowest BCUT2D eigenvalue weighted by molar-refractivity contribution is -0.116. The Kier molecular flexibility index (Phi) is 4.27. The van der Waals surface area contributed by atoms with Crippen LogP contribution < -0.4 is 10.6 Å². The molecule has 2 aromatic rings. The lowest BCUT2D eigenvalue weighted by atomic mass is 10.1. The number of carbonyl (C=O) groups is 4. The summed E-state index contributed by atoms with van der Waals surface area (Å²) in [5.41, 5.74) is 2.08. The van der Waals surface area contributed by atoms with Gasteiger partial charge in [-0.2, -0.15) is 0 Å². The third-order valence-electron chi connectivity index (χ3n) is 4.81. The van der Waals surface area contributed by atoms with Crippen LogP contribution in [0.15, 0.2) is 24.3 Å². The summed E-state index contributed by atoms with van der Waals surface area (Å²) in [6, 6.07) is 6.49. The molecule has 1 aliphatic heterocycles. The van der Waals surface area contributed by atoms with Gasteiger partial charge in [0.05, 0.1) is 16.7 Å². The normalized spacial score (nSPS) is 14.9. The van der Waals surface area contributed by atoms with Crippen LogP contribution in [0.3, 0.4) is 0 Å². The molecule has 7 nitrogen and oxygen atoms in total. The molecule has 0 unspecified atom stereocenters. The first-order valence-electron chi connectivity index (χ1n) is 8.63. The number of benzene rings is 1. The number of hydrogen-bond donors (Lipinski definition) is 2. The average molecular weight is 383 g/mol. The second-order valence-corrected chi connectivity index (χ2v) is 7.54. The first-order chi connectivity index (χ1) is 13.0. The molecule has 0 saturated heterocycles. The molecule has 2 N–H and O–H groups in total. The molecule has 0 radical (unpaired) electrons. The van der Waals surface area contributed by atoms with E-state index in [1.807, 2.05) is 0 Å². The number of fused-ring (bicyclic) bond motifs is 2. The third kappa shape index (κ3) is 2.82. The number of imide groups is 1. The highest BCUT2D eigenvalue weighted by Gasteiger charge is 2.36. The topological polar surface area (TPSA) is 95.6 Å². The summed E-state index contributed by atoms with van der Waals surface area (Å²) in [7, 11) is 1.55. The van der Waals surface area contributed by atoms with Crippen molar-refractivity contribution in [3.8, 4) is 0 Å². The van der Waals surface area contributed by atoms with Gasteiger partial charge in [0.1, 0.15) is 11.5 Å². The number of nitrogens with zero attached hydrogens (tertiary/aromatic N) is 1. The van der Waals surface area contributed by atoms with Crippen LogP contribution in [0.2, 0.25) is 0 Å². The maximum atomic E-state index is 12.5. The molecule has 0 saturated carbocycles. The molecule has 0 spiro atoms. The van der Waals surface area contributed by atoms with Crippen molar-refractivity contribution in [1.82, 2.24) is 10.2 Å². The van der Waals surface area contributed by atoms with Gasteiger partial charge in [0, 0.05) is 11.9 Å². The van der Waals surface area contributed by atoms with Gasteiger partial charge in [-0.1, -0.05) is 12.1 Å². The standard InChI is InChI=1S/C19H17N3O4S/c1-20-16(24)15-12-7-4-8-13(12)27-17(15)21-14(23)9-22-18(25)10-5-2-3-6-11(10)19(22)26/h2-3,5-6H,4,7-9H2,1H3,(H,20,24)(H,21,23). The Bertz CT molecular complexity index is 960. The van der Waals surface area contributed by atoms with Gasteiger partial charge in [-0.15, -0.1) is 11.3 Å². The number of nitrogens with one attached hydrogen (secondary N) is 2. The average Bonchev–Trinajstić information content (AvgIpc) is 3.30. The van der Waals surface area contributed by atoms with Crippen molar-refractivity contribution in [2.45, 2.75) is 19.3 Å². The number of aryl methyl sites for hydroxylation is 1. The number of hydrogen-bond acceptors (Lipinski definition) is 5. The highest BCUT2D eigenvalue weighted by molar-refractivity contribution is 7.17. The van der Waals surface area contributed by atoms with E-state index < -0.39 is 17.7 Å². The van der Waals surface area contributed by atoms with E-state index in [0.717, 1.165) is 34.6 Å². The minimum Gasteiger partial charge on any atom is -0.355 e. The summed E-state index contributed by atoms with van der Waals surface area (Å²) >= 11 is 1.39. The summed E-state index contributed by atoms with van der Waals surface area (Å²) in [6.07, 6.45) is 2.69. The zero-order valence-corrected chi connectivity index (χ0v) is 15.4. The Morgan fingerprint density at radius 3 is 2.41 bits per heavy atom. The Morgan fingerprint density at radius 2 is 1.78 bits per heavy atom.